The second-order valence-electron chi connectivity index (χ2n) is 6.31. The number of nitrogens with zero attached hydrogens (tertiary/aromatic N) is 2. The Hall–Kier alpha value is -1.75. The summed E-state index contributed by atoms with van der Waals surface area (Å²) in [7, 11) is 0. The summed E-state index contributed by atoms with van der Waals surface area (Å²) in [5.74, 6) is 0.199. The first kappa shape index (κ1) is 20.6. The molecular formula is C18H21F3N2O2S. The summed E-state index contributed by atoms with van der Waals surface area (Å²) in [5, 5.41) is 9.48. The predicted octanol–water partition coefficient (Wildman–Crippen LogP) is 4.53. The second-order valence-corrected chi connectivity index (χ2v) is 7.39. The Labute approximate surface area is 155 Å². The fraction of sp³-hybridized carbons (Fsp3) is 0.611. The number of alkyl halides is 3. The number of hydrogen-bond acceptors (Lipinski definition) is 5. The van der Waals surface area contributed by atoms with Gasteiger partial charge in [-0.1, -0.05) is 6.92 Å². The number of esters is 1. The van der Waals surface area contributed by atoms with Crippen LogP contribution in [0.25, 0.3) is 0 Å². The van der Waals surface area contributed by atoms with Gasteiger partial charge in [-0.15, -0.1) is 11.8 Å². The van der Waals surface area contributed by atoms with E-state index in [9.17, 15) is 23.2 Å². The van der Waals surface area contributed by atoms with Crippen LogP contribution in [-0.2, 0) is 28.5 Å². The van der Waals surface area contributed by atoms with Crippen molar-refractivity contribution in [2.75, 3.05) is 12.4 Å². The Kier molecular flexibility index (Phi) is 6.93. The van der Waals surface area contributed by atoms with Gasteiger partial charge in [0.2, 0.25) is 0 Å². The van der Waals surface area contributed by atoms with Crippen LogP contribution in [0.1, 0.15) is 55.5 Å². The number of pyridine rings is 1. The minimum Gasteiger partial charge on any atom is -0.466 e. The van der Waals surface area contributed by atoms with Crippen molar-refractivity contribution in [3.8, 4) is 6.07 Å². The first-order valence-corrected chi connectivity index (χ1v) is 9.57. The molecule has 1 heterocycles. The van der Waals surface area contributed by atoms with Gasteiger partial charge in [-0.3, -0.25) is 4.79 Å². The molecule has 2 rings (SSSR count). The minimum absolute atomic E-state index is 0.108. The van der Waals surface area contributed by atoms with Crippen molar-refractivity contribution in [2.24, 2.45) is 5.92 Å². The van der Waals surface area contributed by atoms with Crippen molar-refractivity contribution in [3.63, 3.8) is 0 Å². The summed E-state index contributed by atoms with van der Waals surface area (Å²) >= 11 is 1.09. The zero-order valence-electron chi connectivity index (χ0n) is 14.8. The molecule has 1 aliphatic rings. The highest BCUT2D eigenvalue weighted by Gasteiger charge is 2.40. The van der Waals surface area contributed by atoms with Crippen molar-refractivity contribution in [1.82, 2.24) is 4.98 Å². The van der Waals surface area contributed by atoms with Crippen LogP contribution in [0, 0.1) is 17.2 Å². The molecule has 0 amide bonds. The summed E-state index contributed by atoms with van der Waals surface area (Å²) < 4.78 is 45.8. The molecule has 1 aromatic rings. The molecule has 0 unspecified atom stereocenters. The Bertz CT molecular complexity index is 714. The molecule has 0 fully saturated rings. The average Bonchev–Trinajstić information content (AvgIpc) is 2.56. The highest BCUT2D eigenvalue weighted by atomic mass is 32.2. The first-order chi connectivity index (χ1) is 12.3. The molecule has 0 saturated heterocycles. The number of carbonyl (C=O) groups excluding carboxylic acids is 1. The maximum Gasteiger partial charge on any atom is 0.418 e. The Balaban J connectivity index is 2.27. The van der Waals surface area contributed by atoms with Crippen LogP contribution in [-0.4, -0.2) is 23.3 Å². The lowest BCUT2D eigenvalue weighted by molar-refractivity contribution is -0.143. The van der Waals surface area contributed by atoms with E-state index in [1.54, 1.807) is 13.0 Å². The number of thioether (sulfide) groups is 1. The zero-order valence-corrected chi connectivity index (χ0v) is 15.6. The van der Waals surface area contributed by atoms with Crippen molar-refractivity contribution < 1.29 is 22.7 Å². The molecule has 0 spiro atoms. The smallest absolute Gasteiger partial charge is 0.418 e. The summed E-state index contributed by atoms with van der Waals surface area (Å²) in [6, 6.07) is 1.71. The molecule has 4 nitrogen and oxygen atoms in total. The lowest BCUT2D eigenvalue weighted by atomic mass is 9.84. The lowest BCUT2D eigenvalue weighted by Crippen LogP contribution is -2.22. The maximum absolute atomic E-state index is 13.7. The van der Waals surface area contributed by atoms with Gasteiger partial charge < -0.3 is 4.74 Å². The van der Waals surface area contributed by atoms with Crippen molar-refractivity contribution in [1.29, 1.82) is 5.26 Å². The second kappa shape index (κ2) is 8.76. The molecule has 1 aromatic heterocycles. The monoisotopic (exact) mass is 386 g/mol. The van der Waals surface area contributed by atoms with Crippen LogP contribution < -0.4 is 0 Å². The van der Waals surface area contributed by atoms with E-state index in [-0.39, 0.29) is 28.9 Å². The first-order valence-electron chi connectivity index (χ1n) is 8.59. The molecular weight excluding hydrogens is 365 g/mol. The van der Waals surface area contributed by atoms with Crippen molar-refractivity contribution in [2.45, 2.75) is 57.2 Å². The number of aryl methyl sites for hydroxylation is 1. The number of rotatable bonds is 6. The lowest BCUT2D eigenvalue weighted by Gasteiger charge is -2.26. The van der Waals surface area contributed by atoms with Gasteiger partial charge in [0.15, 0.2) is 0 Å². The van der Waals surface area contributed by atoms with Gasteiger partial charge in [0.1, 0.15) is 11.1 Å². The number of nitriles is 1. The molecule has 0 aliphatic heterocycles. The quantitative estimate of drug-likeness (QED) is 0.408. The highest BCUT2D eigenvalue weighted by molar-refractivity contribution is 7.99. The van der Waals surface area contributed by atoms with Crippen molar-refractivity contribution >= 4 is 17.7 Å². The van der Waals surface area contributed by atoms with Crippen LogP contribution in [0.5, 0.6) is 0 Å². The van der Waals surface area contributed by atoms with E-state index >= 15 is 0 Å². The topological polar surface area (TPSA) is 63.0 Å². The molecule has 1 aliphatic carbocycles. The number of carbonyl (C=O) groups is 1. The average molecular weight is 386 g/mol. The fourth-order valence-electron chi connectivity index (χ4n) is 3.05. The zero-order chi connectivity index (χ0) is 19.3. The molecule has 26 heavy (non-hydrogen) atoms. The summed E-state index contributed by atoms with van der Waals surface area (Å²) in [6.07, 6.45) is -2.38. The molecule has 0 saturated carbocycles. The largest absolute Gasteiger partial charge is 0.466 e. The van der Waals surface area contributed by atoms with E-state index in [2.05, 4.69) is 4.98 Å². The van der Waals surface area contributed by atoms with Crippen LogP contribution >= 0.6 is 11.8 Å². The van der Waals surface area contributed by atoms with Crippen LogP contribution in [0.15, 0.2) is 5.03 Å². The minimum atomic E-state index is -4.59. The molecule has 142 valence electrons. The highest BCUT2D eigenvalue weighted by Crippen LogP contribution is 2.42. The fourth-order valence-corrected chi connectivity index (χ4v) is 4.00. The Morgan fingerprint density at radius 3 is 2.81 bits per heavy atom. The number of hydrogen-bond donors (Lipinski definition) is 0. The van der Waals surface area contributed by atoms with E-state index in [0.29, 0.717) is 37.3 Å². The van der Waals surface area contributed by atoms with Crippen LogP contribution in [0.3, 0.4) is 0 Å². The maximum atomic E-state index is 13.7. The van der Waals surface area contributed by atoms with Gasteiger partial charge in [-0.05, 0) is 44.1 Å². The third-order valence-corrected chi connectivity index (χ3v) is 5.30. The third-order valence-electron chi connectivity index (χ3n) is 4.24. The van der Waals surface area contributed by atoms with Gasteiger partial charge in [0.25, 0.3) is 0 Å². The van der Waals surface area contributed by atoms with Gasteiger partial charge in [-0.2, -0.15) is 18.4 Å². The van der Waals surface area contributed by atoms with Gasteiger partial charge >= 0.3 is 12.1 Å². The van der Waals surface area contributed by atoms with E-state index in [1.165, 1.54) is 0 Å². The number of aromatic nitrogens is 1. The SMILES string of the molecule is CCOC(=O)CCCSc1nc2c(c(C(F)(F)F)c1C#N)C[C@@H](C)CC2. The standard InChI is InChI=1S/C18H21F3N2O2S/c1-3-25-15(24)5-4-8-26-17-13(10-22)16(18(19,20)21)12-9-11(2)6-7-14(12)23-17/h11H,3-9H2,1-2H3/t11-/m0/s1. The van der Waals surface area contributed by atoms with E-state index in [0.717, 1.165) is 18.2 Å². The normalized spacial score (nSPS) is 16.7. The third kappa shape index (κ3) is 4.91. The number of halogens is 3. The van der Waals surface area contributed by atoms with E-state index in [1.807, 2.05) is 6.92 Å². The molecule has 0 N–H and O–H groups in total. The van der Waals surface area contributed by atoms with E-state index in [4.69, 9.17) is 4.74 Å². The Morgan fingerprint density at radius 2 is 2.19 bits per heavy atom. The van der Waals surface area contributed by atoms with Crippen LogP contribution in [0.4, 0.5) is 13.2 Å². The molecule has 0 aromatic carbocycles. The molecule has 0 radical (unpaired) electrons. The summed E-state index contributed by atoms with van der Waals surface area (Å²) in [4.78, 5) is 15.7. The number of ether oxygens (including phenoxy) is 1. The van der Waals surface area contributed by atoms with Crippen molar-refractivity contribution in [3.05, 3.63) is 22.4 Å². The molecule has 0 bridgehead atoms. The summed E-state index contributed by atoms with van der Waals surface area (Å²) in [6.45, 7) is 3.92. The molecule has 1 atom stereocenters. The molecule has 8 heteroatoms. The summed E-state index contributed by atoms with van der Waals surface area (Å²) in [5.41, 5.74) is -0.609. The Morgan fingerprint density at radius 1 is 1.46 bits per heavy atom. The van der Waals surface area contributed by atoms with Crippen LogP contribution in [0.2, 0.25) is 0 Å². The van der Waals surface area contributed by atoms with Gasteiger partial charge in [0.05, 0.1) is 17.7 Å². The van der Waals surface area contributed by atoms with Gasteiger partial charge in [-0.25, -0.2) is 4.98 Å². The van der Waals surface area contributed by atoms with Gasteiger partial charge in [0, 0.05) is 17.9 Å². The predicted molar refractivity (Wildman–Crippen MR) is 91.7 cm³/mol. The number of fused-ring (bicyclic) bond motifs is 1. The van der Waals surface area contributed by atoms with E-state index < -0.39 is 17.3 Å².